The summed E-state index contributed by atoms with van der Waals surface area (Å²) in [7, 11) is 3.20. The van der Waals surface area contributed by atoms with Gasteiger partial charge in [-0.15, -0.1) is 0 Å². The number of ether oxygens (including phenoxy) is 2. The summed E-state index contributed by atoms with van der Waals surface area (Å²) in [6.07, 6.45) is -0.672. The third-order valence-corrected chi connectivity index (χ3v) is 4.81. The van der Waals surface area contributed by atoms with Crippen molar-refractivity contribution in [1.82, 2.24) is 4.90 Å². The van der Waals surface area contributed by atoms with Gasteiger partial charge < -0.3 is 14.6 Å². The molecule has 0 amide bonds. The van der Waals surface area contributed by atoms with E-state index in [0.29, 0.717) is 11.5 Å². The number of methoxy groups -OCH3 is 2. The number of hydrogen-bond donors (Lipinski definition) is 1. The molecule has 1 rings (SSSR count). The molecule has 5 heteroatoms. The van der Waals surface area contributed by atoms with E-state index in [-0.39, 0.29) is 0 Å². The number of nitrogens with zero attached hydrogens (tertiary/aromatic N) is 1. The van der Waals surface area contributed by atoms with E-state index in [2.05, 4.69) is 34.7 Å². The first kappa shape index (κ1) is 18.3. The van der Waals surface area contributed by atoms with E-state index in [1.807, 2.05) is 26.0 Å². The zero-order chi connectivity index (χ0) is 16.2. The van der Waals surface area contributed by atoms with Crippen LogP contribution in [0.15, 0.2) is 16.6 Å². The van der Waals surface area contributed by atoms with Crippen molar-refractivity contribution < 1.29 is 14.6 Å². The number of rotatable bonds is 7. The molecule has 0 aliphatic heterocycles. The highest BCUT2D eigenvalue weighted by molar-refractivity contribution is 9.10. The third-order valence-electron chi connectivity index (χ3n) is 4.06. The van der Waals surface area contributed by atoms with Gasteiger partial charge in [0.1, 0.15) is 22.1 Å². The number of aliphatic hydroxyl groups excluding tert-OH is 1. The van der Waals surface area contributed by atoms with Crippen molar-refractivity contribution >= 4 is 15.9 Å². The average molecular weight is 360 g/mol. The van der Waals surface area contributed by atoms with Gasteiger partial charge >= 0.3 is 0 Å². The molecule has 0 saturated carbocycles. The second-order valence-corrected chi connectivity index (χ2v) is 6.23. The van der Waals surface area contributed by atoms with Gasteiger partial charge in [0.2, 0.25) is 0 Å². The van der Waals surface area contributed by atoms with Gasteiger partial charge in [0.25, 0.3) is 0 Å². The van der Waals surface area contributed by atoms with E-state index in [4.69, 9.17) is 9.47 Å². The number of benzene rings is 1. The SMILES string of the molecule is CCN(CC)C(C)(C)C(O)c1ccc(OC)c(Br)c1OC. The van der Waals surface area contributed by atoms with Crippen molar-refractivity contribution in [2.45, 2.75) is 39.3 Å². The molecule has 0 saturated heterocycles. The van der Waals surface area contributed by atoms with Crippen LogP contribution in [0.1, 0.15) is 39.4 Å². The van der Waals surface area contributed by atoms with Crippen molar-refractivity contribution in [2.24, 2.45) is 0 Å². The second-order valence-electron chi connectivity index (χ2n) is 5.43. The predicted octanol–water partition coefficient (Wildman–Crippen LogP) is 3.62. The lowest BCUT2D eigenvalue weighted by molar-refractivity contribution is -0.00750. The fraction of sp³-hybridized carbons (Fsp3) is 0.625. The van der Waals surface area contributed by atoms with E-state index in [1.165, 1.54) is 0 Å². The standard InChI is InChI=1S/C16H26BrNO3/c1-7-18(8-2)16(3,4)15(19)11-9-10-12(20-5)13(17)14(11)21-6/h9-10,15,19H,7-8H2,1-6H3. The minimum Gasteiger partial charge on any atom is -0.495 e. The fourth-order valence-electron chi connectivity index (χ4n) is 2.73. The molecule has 0 aromatic heterocycles. The maximum atomic E-state index is 10.9. The third kappa shape index (κ3) is 3.52. The van der Waals surface area contributed by atoms with Crippen molar-refractivity contribution in [3.63, 3.8) is 0 Å². The highest BCUT2D eigenvalue weighted by atomic mass is 79.9. The Kier molecular flexibility index (Phi) is 6.50. The van der Waals surface area contributed by atoms with Crippen LogP contribution in [0.2, 0.25) is 0 Å². The summed E-state index contributed by atoms with van der Waals surface area (Å²) in [5, 5.41) is 10.9. The Labute approximate surface area is 136 Å². The van der Waals surface area contributed by atoms with Crippen LogP contribution >= 0.6 is 15.9 Å². The molecule has 120 valence electrons. The smallest absolute Gasteiger partial charge is 0.142 e. The van der Waals surface area contributed by atoms with E-state index in [9.17, 15) is 5.11 Å². The Morgan fingerprint density at radius 1 is 1.19 bits per heavy atom. The molecule has 0 radical (unpaired) electrons. The van der Waals surface area contributed by atoms with Crippen molar-refractivity contribution in [3.05, 3.63) is 22.2 Å². The highest BCUT2D eigenvalue weighted by Crippen LogP contribution is 2.43. The molecule has 4 nitrogen and oxygen atoms in total. The minimum atomic E-state index is -0.672. The molecule has 1 aromatic carbocycles. The first-order chi connectivity index (χ1) is 9.84. The van der Waals surface area contributed by atoms with Crippen molar-refractivity contribution in [3.8, 4) is 11.5 Å². The molecule has 1 unspecified atom stereocenters. The van der Waals surface area contributed by atoms with Crippen LogP contribution in [0, 0.1) is 0 Å². The van der Waals surface area contributed by atoms with Crippen LogP contribution in [0.5, 0.6) is 11.5 Å². The summed E-state index contributed by atoms with van der Waals surface area (Å²) < 4.78 is 11.5. The number of aliphatic hydroxyl groups is 1. The molecule has 0 heterocycles. The Morgan fingerprint density at radius 2 is 1.76 bits per heavy atom. The topological polar surface area (TPSA) is 41.9 Å². The minimum absolute atomic E-state index is 0.398. The van der Waals surface area contributed by atoms with Crippen LogP contribution in [0.4, 0.5) is 0 Å². The summed E-state index contributed by atoms with van der Waals surface area (Å²) in [6, 6.07) is 3.70. The van der Waals surface area contributed by atoms with Crippen LogP contribution in [0.25, 0.3) is 0 Å². The van der Waals surface area contributed by atoms with Gasteiger partial charge in [-0.25, -0.2) is 0 Å². The Balaban J connectivity index is 3.29. The maximum Gasteiger partial charge on any atom is 0.142 e. The molecule has 0 bridgehead atoms. The first-order valence-corrected chi connectivity index (χ1v) is 7.97. The van der Waals surface area contributed by atoms with Gasteiger partial charge in [-0.2, -0.15) is 0 Å². The number of likely N-dealkylation sites (N-methyl/N-ethyl adjacent to an activating group) is 1. The van der Waals surface area contributed by atoms with Gasteiger partial charge in [-0.1, -0.05) is 13.8 Å². The monoisotopic (exact) mass is 359 g/mol. The summed E-state index contributed by atoms with van der Waals surface area (Å²) in [4.78, 5) is 2.23. The van der Waals surface area contributed by atoms with Gasteiger partial charge in [-0.3, -0.25) is 4.90 Å². The van der Waals surface area contributed by atoms with Crippen LogP contribution in [0.3, 0.4) is 0 Å². The maximum absolute atomic E-state index is 10.9. The van der Waals surface area contributed by atoms with Gasteiger partial charge in [0, 0.05) is 11.1 Å². The number of hydrogen-bond acceptors (Lipinski definition) is 4. The van der Waals surface area contributed by atoms with E-state index >= 15 is 0 Å². The first-order valence-electron chi connectivity index (χ1n) is 7.18. The van der Waals surface area contributed by atoms with Crippen LogP contribution in [-0.2, 0) is 0 Å². The molecular formula is C16H26BrNO3. The van der Waals surface area contributed by atoms with E-state index in [0.717, 1.165) is 23.1 Å². The molecule has 0 fully saturated rings. The molecule has 21 heavy (non-hydrogen) atoms. The fourth-order valence-corrected chi connectivity index (χ4v) is 3.41. The predicted molar refractivity (Wildman–Crippen MR) is 89.2 cm³/mol. The van der Waals surface area contributed by atoms with Gasteiger partial charge in [0.15, 0.2) is 0 Å². The zero-order valence-corrected chi connectivity index (χ0v) is 15.3. The molecular weight excluding hydrogens is 334 g/mol. The number of halogens is 1. The van der Waals surface area contributed by atoms with Crippen LogP contribution in [-0.4, -0.2) is 42.9 Å². The molecule has 1 aromatic rings. The second kappa shape index (κ2) is 7.47. The quantitative estimate of drug-likeness (QED) is 0.807. The van der Waals surface area contributed by atoms with Gasteiger partial charge in [-0.05, 0) is 55.0 Å². The van der Waals surface area contributed by atoms with Crippen LogP contribution < -0.4 is 9.47 Å². The molecule has 0 aliphatic carbocycles. The summed E-state index contributed by atoms with van der Waals surface area (Å²) in [5.41, 5.74) is 0.354. The molecule has 1 N–H and O–H groups in total. The normalized spacial score (nSPS) is 13.4. The summed E-state index contributed by atoms with van der Waals surface area (Å²) in [6.45, 7) is 10.0. The Bertz CT molecular complexity index is 473. The van der Waals surface area contributed by atoms with Crippen molar-refractivity contribution in [2.75, 3.05) is 27.3 Å². The zero-order valence-electron chi connectivity index (χ0n) is 13.7. The lowest BCUT2D eigenvalue weighted by Crippen LogP contribution is -2.48. The van der Waals surface area contributed by atoms with Gasteiger partial charge in [0.05, 0.1) is 14.2 Å². The average Bonchev–Trinajstić information content (AvgIpc) is 2.47. The molecule has 0 aliphatic rings. The largest absolute Gasteiger partial charge is 0.495 e. The summed E-state index contributed by atoms with van der Waals surface area (Å²) in [5.74, 6) is 1.30. The Morgan fingerprint density at radius 3 is 2.19 bits per heavy atom. The lowest BCUT2D eigenvalue weighted by Gasteiger charge is -2.41. The lowest BCUT2D eigenvalue weighted by atomic mass is 9.88. The Hall–Kier alpha value is -0.780. The van der Waals surface area contributed by atoms with E-state index in [1.54, 1.807) is 14.2 Å². The van der Waals surface area contributed by atoms with Crippen molar-refractivity contribution in [1.29, 1.82) is 0 Å². The molecule has 0 spiro atoms. The summed E-state index contributed by atoms with van der Waals surface area (Å²) >= 11 is 3.48. The molecule has 1 atom stereocenters. The highest BCUT2D eigenvalue weighted by Gasteiger charge is 2.36. The van der Waals surface area contributed by atoms with E-state index < -0.39 is 11.6 Å².